The number of carbonyl (C=O) groups is 1. The Balaban J connectivity index is 1.70. The second kappa shape index (κ2) is 6.28. The zero-order valence-electron chi connectivity index (χ0n) is 11.7. The molecular weight excluding hydrogens is 288 g/mol. The molecule has 1 aliphatic heterocycles. The van der Waals surface area contributed by atoms with Gasteiger partial charge in [-0.1, -0.05) is 0 Å². The van der Waals surface area contributed by atoms with Crippen molar-refractivity contribution in [3.63, 3.8) is 0 Å². The van der Waals surface area contributed by atoms with Crippen molar-refractivity contribution in [3.05, 3.63) is 29.0 Å². The molecule has 1 atom stereocenters. The average Bonchev–Trinajstić information content (AvgIpc) is 3.15. The van der Waals surface area contributed by atoms with Gasteiger partial charge in [-0.2, -0.15) is 0 Å². The van der Waals surface area contributed by atoms with E-state index in [2.05, 4.69) is 20.3 Å². The van der Waals surface area contributed by atoms with E-state index in [9.17, 15) is 4.79 Å². The van der Waals surface area contributed by atoms with E-state index in [0.717, 1.165) is 19.6 Å². The Labute approximate surface area is 126 Å². The number of hydrogen-bond donors (Lipinski definition) is 1. The molecule has 1 N–H and O–H groups in total. The smallest absolute Gasteiger partial charge is 0.263 e. The summed E-state index contributed by atoms with van der Waals surface area (Å²) in [5, 5.41) is 3.63. The Morgan fingerprint density at radius 1 is 1.48 bits per heavy atom. The van der Waals surface area contributed by atoms with Crippen molar-refractivity contribution in [2.24, 2.45) is 5.92 Å². The normalized spacial score (nSPS) is 17.9. The Bertz CT molecular complexity index is 623. The molecule has 0 bridgehead atoms. The van der Waals surface area contributed by atoms with Crippen molar-refractivity contribution in [3.8, 4) is 10.8 Å². The highest BCUT2D eigenvalue weighted by atomic mass is 32.1. The molecule has 0 radical (unpaired) electrons. The van der Waals surface area contributed by atoms with Crippen LogP contribution in [0, 0.1) is 12.8 Å². The number of carbonyl (C=O) groups excluding carboxylic acids is 1. The summed E-state index contributed by atoms with van der Waals surface area (Å²) in [6.45, 7) is 3.99. The third-order valence-electron chi connectivity index (χ3n) is 3.34. The minimum absolute atomic E-state index is 0.0842. The summed E-state index contributed by atoms with van der Waals surface area (Å²) in [7, 11) is 0. The molecule has 1 saturated heterocycles. The first-order chi connectivity index (χ1) is 10.2. The van der Waals surface area contributed by atoms with Gasteiger partial charge in [0.1, 0.15) is 4.88 Å². The largest absolute Gasteiger partial charge is 0.381 e. The summed E-state index contributed by atoms with van der Waals surface area (Å²) >= 11 is 1.32. The molecule has 2 aromatic rings. The second-order valence-electron chi connectivity index (χ2n) is 4.95. The van der Waals surface area contributed by atoms with Crippen molar-refractivity contribution in [1.82, 2.24) is 20.3 Å². The van der Waals surface area contributed by atoms with Gasteiger partial charge in [-0.05, 0) is 19.4 Å². The predicted molar refractivity (Wildman–Crippen MR) is 79.1 cm³/mol. The molecule has 0 aromatic carbocycles. The SMILES string of the molecule is Cc1nc(-c2ncccn2)sc1C(=O)NC[C@@H]1CCOC1. The van der Waals surface area contributed by atoms with Crippen LogP contribution in [0.4, 0.5) is 0 Å². The summed E-state index contributed by atoms with van der Waals surface area (Å²) in [6.07, 6.45) is 4.34. The molecule has 1 aliphatic rings. The van der Waals surface area contributed by atoms with Gasteiger partial charge < -0.3 is 10.1 Å². The zero-order chi connectivity index (χ0) is 14.7. The van der Waals surface area contributed by atoms with Crippen LogP contribution < -0.4 is 5.32 Å². The molecule has 6 nitrogen and oxygen atoms in total. The maximum Gasteiger partial charge on any atom is 0.263 e. The van der Waals surface area contributed by atoms with Gasteiger partial charge in [0.25, 0.3) is 5.91 Å². The molecule has 0 unspecified atom stereocenters. The van der Waals surface area contributed by atoms with Crippen LogP contribution in [0.2, 0.25) is 0 Å². The van der Waals surface area contributed by atoms with Gasteiger partial charge >= 0.3 is 0 Å². The van der Waals surface area contributed by atoms with Crippen LogP contribution in [0.25, 0.3) is 10.8 Å². The standard InChI is InChI=1S/C14H16N4O2S/c1-9-11(13(19)17-7-10-3-6-20-8-10)21-14(18-9)12-15-4-2-5-16-12/h2,4-5,10H,3,6-8H2,1H3,(H,17,19)/t10-/m0/s1. The number of hydrogen-bond acceptors (Lipinski definition) is 6. The van der Waals surface area contributed by atoms with Gasteiger partial charge in [0, 0.05) is 31.5 Å². The highest BCUT2D eigenvalue weighted by Crippen LogP contribution is 2.25. The van der Waals surface area contributed by atoms with Crippen molar-refractivity contribution in [2.75, 3.05) is 19.8 Å². The number of aryl methyl sites for hydroxylation is 1. The highest BCUT2D eigenvalue weighted by Gasteiger charge is 2.20. The molecule has 0 saturated carbocycles. The molecular formula is C14H16N4O2S. The van der Waals surface area contributed by atoms with Gasteiger partial charge in [-0.3, -0.25) is 4.79 Å². The summed E-state index contributed by atoms with van der Waals surface area (Å²) < 4.78 is 5.30. The average molecular weight is 304 g/mol. The fraction of sp³-hybridized carbons (Fsp3) is 0.429. The molecule has 3 rings (SSSR count). The first-order valence-electron chi connectivity index (χ1n) is 6.85. The lowest BCUT2D eigenvalue weighted by Gasteiger charge is -2.08. The van der Waals surface area contributed by atoms with Gasteiger partial charge in [0.2, 0.25) is 0 Å². The van der Waals surface area contributed by atoms with Gasteiger partial charge in [-0.25, -0.2) is 15.0 Å². The molecule has 0 spiro atoms. The van der Waals surface area contributed by atoms with Crippen LogP contribution in [0.3, 0.4) is 0 Å². The molecule has 7 heteroatoms. The van der Waals surface area contributed by atoms with Crippen LogP contribution in [0.1, 0.15) is 21.8 Å². The Morgan fingerprint density at radius 3 is 3.00 bits per heavy atom. The number of rotatable bonds is 4. The fourth-order valence-corrected chi connectivity index (χ4v) is 3.10. The Morgan fingerprint density at radius 2 is 2.29 bits per heavy atom. The molecule has 110 valence electrons. The predicted octanol–water partition coefficient (Wildman–Crippen LogP) is 1.67. The van der Waals surface area contributed by atoms with E-state index in [1.54, 1.807) is 18.5 Å². The van der Waals surface area contributed by atoms with E-state index in [0.29, 0.717) is 33.9 Å². The van der Waals surface area contributed by atoms with Crippen LogP contribution in [0.15, 0.2) is 18.5 Å². The number of ether oxygens (including phenoxy) is 1. The summed E-state index contributed by atoms with van der Waals surface area (Å²) in [5.41, 5.74) is 0.711. The maximum absolute atomic E-state index is 12.2. The molecule has 3 heterocycles. The van der Waals surface area contributed by atoms with Crippen LogP contribution in [-0.2, 0) is 4.74 Å². The van der Waals surface area contributed by atoms with Crippen LogP contribution in [0.5, 0.6) is 0 Å². The third kappa shape index (κ3) is 3.25. The molecule has 1 amide bonds. The lowest BCUT2D eigenvalue weighted by atomic mass is 10.1. The number of aromatic nitrogens is 3. The first kappa shape index (κ1) is 14.1. The quantitative estimate of drug-likeness (QED) is 0.930. The zero-order valence-corrected chi connectivity index (χ0v) is 12.5. The fourth-order valence-electron chi connectivity index (χ4n) is 2.17. The van der Waals surface area contributed by atoms with E-state index < -0.39 is 0 Å². The Kier molecular flexibility index (Phi) is 4.21. The molecule has 2 aromatic heterocycles. The van der Waals surface area contributed by atoms with Gasteiger partial charge in [0.05, 0.1) is 12.3 Å². The maximum atomic E-state index is 12.2. The van der Waals surface area contributed by atoms with E-state index in [1.165, 1.54) is 11.3 Å². The van der Waals surface area contributed by atoms with Crippen molar-refractivity contribution < 1.29 is 9.53 Å². The second-order valence-corrected chi connectivity index (χ2v) is 5.94. The molecule has 0 aliphatic carbocycles. The van der Waals surface area contributed by atoms with Crippen LogP contribution >= 0.6 is 11.3 Å². The van der Waals surface area contributed by atoms with E-state index in [-0.39, 0.29) is 5.91 Å². The van der Waals surface area contributed by atoms with E-state index in [1.807, 2.05) is 6.92 Å². The van der Waals surface area contributed by atoms with Crippen LogP contribution in [-0.4, -0.2) is 40.6 Å². The van der Waals surface area contributed by atoms with Crippen molar-refractivity contribution in [2.45, 2.75) is 13.3 Å². The van der Waals surface area contributed by atoms with Gasteiger partial charge in [0.15, 0.2) is 10.8 Å². The Hall–Kier alpha value is -1.86. The number of nitrogens with one attached hydrogen (secondary N) is 1. The molecule has 1 fully saturated rings. The van der Waals surface area contributed by atoms with Crippen molar-refractivity contribution in [1.29, 1.82) is 0 Å². The topological polar surface area (TPSA) is 77.0 Å². The van der Waals surface area contributed by atoms with Gasteiger partial charge in [-0.15, -0.1) is 11.3 Å². The summed E-state index contributed by atoms with van der Waals surface area (Å²) in [4.78, 5) is 25.6. The summed E-state index contributed by atoms with van der Waals surface area (Å²) in [5.74, 6) is 0.882. The van der Waals surface area contributed by atoms with Crippen molar-refractivity contribution >= 4 is 17.2 Å². The summed E-state index contributed by atoms with van der Waals surface area (Å²) in [6, 6.07) is 1.75. The van der Waals surface area contributed by atoms with E-state index in [4.69, 9.17) is 4.74 Å². The minimum atomic E-state index is -0.0842. The van der Waals surface area contributed by atoms with E-state index >= 15 is 0 Å². The number of thiazole rings is 1. The number of amides is 1. The first-order valence-corrected chi connectivity index (χ1v) is 7.66. The third-order valence-corrected chi connectivity index (χ3v) is 4.49. The monoisotopic (exact) mass is 304 g/mol. The lowest BCUT2D eigenvalue weighted by Crippen LogP contribution is -2.29. The minimum Gasteiger partial charge on any atom is -0.381 e. The lowest BCUT2D eigenvalue weighted by molar-refractivity contribution is 0.0948. The number of nitrogens with zero attached hydrogens (tertiary/aromatic N) is 3. The highest BCUT2D eigenvalue weighted by molar-refractivity contribution is 7.17. The molecule has 21 heavy (non-hydrogen) atoms.